The van der Waals surface area contributed by atoms with E-state index in [0.717, 1.165) is 5.56 Å². The van der Waals surface area contributed by atoms with Crippen LogP contribution in [-0.2, 0) is 4.79 Å². The van der Waals surface area contributed by atoms with Crippen LogP contribution in [-0.4, -0.2) is 41.9 Å². The predicted octanol–water partition coefficient (Wildman–Crippen LogP) is 3.82. The van der Waals surface area contributed by atoms with Crippen molar-refractivity contribution in [1.29, 1.82) is 0 Å². The normalized spacial score (nSPS) is 11.4. The number of nitrogens with one attached hydrogen (secondary N) is 2. The number of hydrogen-bond acceptors (Lipinski definition) is 4. The Labute approximate surface area is 187 Å². The maximum Gasteiger partial charge on any atom is 0.326 e. The molecule has 0 fully saturated rings. The maximum atomic E-state index is 12.9. The number of amides is 3. The van der Waals surface area contributed by atoms with Crippen LogP contribution in [0.1, 0.15) is 17.9 Å². The Balaban J connectivity index is 1.71. The lowest BCUT2D eigenvalue weighted by Gasteiger charge is -2.22. The minimum absolute atomic E-state index is 0.108. The molecule has 166 valence electrons. The van der Waals surface area contributed by atoms with Crippen LogP contribution < -0.4 is 15.5 Å². The molecule has 0 saturated heterocycles. The molecule has 32 heavy (non-hydrogen) atoms. The second-order valence-electron chi connectivity index (χ2n) is 7.19. The van der Waals surface area contributed by atoms with E-state index in [2.05, 4.69) is 10.6 Å². The van der Waals surface area contributed by atoms with Crippen molar-refractivity contribution in [3.05, 3.63) is 90.5 Å². The molecule has 3 aromatic rings. The van der Waals surface area contributed by atoms with Crippen molar-refractivity contribution in [3.8, 4) is 0 Å². The molecule has 0 bridgehead atoms. The van der Waals surface area contributed by atoms with Crippen molar-refractivity contribution in [2.75, 3.05) is 35.3 Å². The van der Waals surface area contributed by atoms with E-state index in [1.807, 2.05) is 48.5 Å². The molecule has 4 N–H and O–H groups in total. The third-order valence-electron chi connectivity index (χ3n) is 4.95. The number of aliphatic hydroxyl groups excluding tert-OH is 2. The Bertz CT molecular complexity index is 933. The molecule has 0 aliphatic heterocycles. The van der Waals surface area contributed by atoms with Gasteiger partial charge in [-0.05, 0) is 42.3 Å². The first kappa shape index (κ1) is 23.0. The van der Waals surface area contributed by atoms with Gasteiger partial charge in [-0.25, -0.2) is 4.79 Å². The highest BCUT2D eigenvalue weighted by molar-refractivity contribution is 6.02. The SMILES string of the molecule is O=C(Nc1cccc(NC(=O)N(CCO)c2ccccc2)c1)C(CCO)c1ccccc1. The molecule has 0 radical (unpaired) electrons. The molecule has 3 rings (SSSR count). The molecule has 0 aromatic heterocycles. The van der Waals surface area contributed by atoms with Gasteiger partial charge in [0.1, 0.15) is 0 Å². The van der Waals surface area contributed by atoms with Crippen molar-refractivity contribution in [2.24, 2.45) is 0 Å². The Hall–Kier alpha value is -3.68. The monoisotopic (exact) mass is 433 g/mol. The van der Waals surface area contributed by atoms with Crippen LogP contribution in [0.15, 0.2) is 84.9 Å². The van der Waals surface area contributed by atoms with Gasteiger partial charge in [-0.1, -0.05) is 54.6 Å². The molecule has 3 amide bonds. The molecule has 7 heteroatoms. The molecule has 0 heterocycles. The number of anilines is 3. The molecule has 1 atom stereocenters. The van der Waals surface area contributed by atoms with Gasteiger partial charge in [-0.15, -0.1) is 0 Å². The Kier molecular flexibility index (Phi) is 8.36. The van der Waals surface area contributed by atoms with E-state index in [4.69, 9.17) is 0 Å². The smallest absolute Gasteiger partial charge is 0.326 e. The first-order valence-electron chi connectivity index (χ1n) is 10.4. The average Bonchev–Trinajstić information content (AvgIpc) is 2.82. The Morgan fingerprint density at radius 2 is 1.41 bits per heavy atom. The fraction of sp³-hybridized carbons (Fsp3) is 0.200. The van der Waals surface area contributed by atoms with Gasteiger partial charge in [-0.3, -0.25) is 9.69 Å². The Morgan fingerprint density at radius 1 is 0.781 bits per heavy atom. The highest BCUT2D eigenvalue weighted by Crippen LogP contribution is 2.23. The van der Waals surface area contributed by atoms with Gasteiger partial charge in [0.05, 0.1) is 19.1 Å². The minimum Gasteiger partial charge on any atom is -0.396 e. The summed E-state index contributed by atoms with van der Waals surface area (Å²) in [6.07, 6.45) is 0.305. The number of aliphatic hydroxyl groups is 2. The fourth-order valence-electron chi connectivity index (χ4n) is 3.41. The average molecular weight is 434 g/mol. The standard InChI is InChI=1S/C25H27N3O4/c29-16-14-23(19-8-3-1-4-9-19)24(31)26-20-10-7-11-21(18-20)27-25(32)28(15-17-30)22-12-5-2-6-13-22/h1-13,18,23,29-30H,14-17H2,(H,26,31)(H,27,32). The molecule has 3 aromatic carbocycles. The minimum atomic E-state index is -0.488. The number of nitrogens with zero attached hydrogens (tertiary/aromatic N) is 1. The van der Waals surface area contributed by atoms with E-state index in [0.29, 0.717) is 23.5 Å². The van der Waals surface area contributed by atoms with E-state index in [1.54, 1.807) is 36.4 Å². The van der Waals surface area contributed by atoms with Crippen molar-refractivity contribution in [1.82, 2.24) is 0 Å². The van der Waals surface area contributed by atoms with Crippen LogP contribution in [0.3, 0.4) is 0 Å². The van der Waals surface area contributed by atoms with Crippen molar-refractivity contribution < 1.29 is 19.8 Å². The molecule has 7 nitrogen and oxygen atoms in total. The van der Waals surface area contributed by atoms with E-state index < -0.39 is 11.9 Å². The van der Waals surface area contributed by atoms with Crippen LogP contribution in [0, 0.1) is 0 Å². The predicted molar refractivity (Wildman–Crippen MR) is 126 cm³/mol. The van der Waals surface area contributed by atoms with Crippen LogP contribution in [0.25, 0.3) is 0 Å². The van der Waals surface area contributed by atoms with E-state index in [1.165, 1.54) is 4.90 Å². The lowest BCUT2D eigenvalue weighted by atomic mass is 9.95. The molecular formula is C25H27N3O4. The number of carbonyl (C=O) groups is 2. The van der Waals surface area contributed by atoms with E-state index >= 15 is 0 Å². The van der Waals surface area contributed by atoms with Gasteiger partial charge >= 0.3 is 6.03 Å². The summed E-state index contributed by atoms with van der Waals surface area (Å²) in [7, 11) is 0. The van der Waals surface area contributed by atoms with Crippen LogP contribution in [0.4, 0.5) is 21.9 Å². The topological polar surface area (TPSA) is 102 Å². The summed E-state index contributed by atoms with van der Waals surface area (Å²) in [5.74, 6) is -0.725. The van der Waals surface area contributed by atoms with Gasteiger partial charge in [0.15, 0.2) is 0 Å². The van der Waals surface area contributed by atoms with Crippen molar-refractivity contribution in [2.45, 2.75) is 12.3 Å². The number of benzene rings is 3. The zero-order valence-corrected chi connectivity index (χ0v) is 17.6. The number of hydrogen-bond donors (Lipinski definition) is 4. The molecule has 1 unspecified atom stereocenters. The van der Waals surface area contributed by atoms with Gasteiger partial charge in [0.2, 0.25) is 5.91 Å². The molecular weight excluding hydrogens is 406 g/mol. The lowest BCUT2D eigenvalue weighted by Crippen LogP contribution is -2.37. The summed E-state index contributed by atoms with van der Waals surface area (Å²) in [6.45, 7) is -0.139. The first-order chi connectivity index (χ1) is 15.6. The largest absolute Gasteiger partial charge is 0.396 e. The maximum absolute atomic E-state index is 12.9. The van der Waals surface area contributed by atoms with E-state index in [9.17, 15) is 19.8 Å². The third kappa shape index (κ3) is 6.16. The summed E-state index contributed by atoms with van der Waals surface area (Å²) in [6, 6.07) is 24.8. The number of carbonyl (C=O) groups excluding carboxylic acids is 2. The van der Waals surface area contributed by atoms with Crippen LogP contribution in [0.2, 0.25) is 0 Å². The second-order valence-corrected chi connectivity index (χ2v) is 7.19. The summed E-state index contributed by atoms with van der Waals surface area (Å²) in [5.41, 5.74) is 2.52. The summed E-state index contributed by atoms with van der Waals surface area (Å²) in [5, 5.41) is 24.4. The zero-order valence-electron chi connectivity index (χ0n) is 17.6. The fourth-order valence-corrected chi connectivity index (χ4v) is 3.41. The highest BCUT2D eigenvalue weighted by Gasteiger charge is 2.20. The van der Waals surface area contributed by atoms with Crippen molar-refractivity contribution >= 4 is 29.0 Å². The van der Waals surface area contributed by atoms with Gasteiger partial charge < -0.3 is 20.8 Å². The number of rotatable bonds is 9. The van der Waals surface area contributed by atoms with E-state index in [-0.39, 0.29) is 25.7 Å². The second kappa shape index (κ2) is 11.6. The summed E-state index contributed by atoms with van der Waals surface area (Å²) < 4.78 is 0. The van der Waals surface area contributed by atoms with Crippen LogP contribution >= 0.6 is 0 Å². The zero-order chi connectivity index (χ0) is 22.8. The van der Waals surface area contributed by atoms with Crippen molar-refractivity contribution in [3.63, 3.8) is 0 Å². The summed E-state index contributed by atoms with van der Waals surface area (Å²) >= 11 is 0. The quantitative estimate of drug-likeness (QED) is 0.412. The van der Waals surface area contributed by atoms with Gasteiger partial charge in [0.25, 0.3) is 0 Å². The molecule has 0 saturated carbocycles. The van der Waals surface area contributed by atoms with Gasteiger partial charge in [-0.2, -0.15) is 0 Å². The summed E-state index contributed by atoms with van der Waals surface area (Å²) in [4.78, 5) is 27.1. The highest BCUT2D eigenvalue weighted by atomic mass is 16.3. The number of urea groups is 1. The Morgan fingerprint density at radius 3 is 2.03 bits per heavy atom. The first-order valence-corrected chi connectivity index (χ1v) is 10.4. The molecule has 0 aliphatic rings. The van der Waals surface area contributed by atoms with Gasteiger partial charge in [0, 0.05) is 23.7 Å². The van der Waals surface area contributed by atoms with Crippen LogP contribution in [0.5, 0.6) is 0 Å². The lowest BCUT2D eigenvalue weighted by molar-refractivity contribution is -0.117. The molecule has 0 aliphatic carbocycles. The molecule has 0 spiro atoms. The third-order valence-corrected chi connectivity index (χ3v) is 4.95. The number of para-hydroxylation sites is 1.